The van der Waals surface area contributed by atoms with Crippen LogP contribution >= 0.6 is 0 Å². The Hall–Kier alpha value is -1.71. The summed E-state index contributed by atoms with van der Waals surface area (Å²) in [6.45, 7) is 2.84. The third-order valence-electron chi connectivity index (χ3n) is 2.83. The van der Waals surface area contributed by atoms with Gasteiger partial charge >= 0.3 is 6.09 Å². The van der Waals surface area contributed by atoms with E-state index in [1.807, 2.05) is 35.3 Å². The smallest absolute Gasteiger partial charge is 0.426 e. The average molecular weight is 234 g/mol. The summed E-state index contributed by atoms with van der Waals surface area (Å²) in [6, 6.07) is 9.82. The van der Waals surface area contributed by atoms with Crippen molar-refractivity contribution in [1.29, 1.82) is 0 Å². The van der Waals surface area contributed by atoms with Gasteiger partial charge in [-0.3, -0.25) is 5.01 Å². The molecule has 0 bridgehead atoms. The molecule has 1 aliphatic rings. The third-order valence-corrected chi connectivity index (χ3v) is 2.83. The number of rotatable bonds is 4. The van der Waals surface area contributed by atoms with Crippen molar-refractivity contribution in [3.05, 3.63) is 30.3 Å². The molecule has 1 unspecified atom stereocenters. The van der Waals surface area contributed by atoms with Crippen LogP contribution in [0.15, 0.2) is 30.3 Å². The molecule has 1 heterocycles. The number of hydrogen-bond donors (Lipinski definition) is 1. The second-order valence-electron chi connectivity index (χ2n) is 4.23. The number of amides is 1. The second-order valence-corrected chi connectivity index (χ2v) is 4.23. The van der Waals surface area contributed by atoms with E-state index in [1.54, 1.807) is 0 Å². The van der Waals surface area contributed by atoms with Gasteiger partial charge in [0.1, 0.15) is 6.10 Å². The molecular weight excluding hydrogens is 216 g/mol. The van der Waals surface area contributed by atoms with Crippen LogP contribution in [0.4, 0.5) is 10.5 Å². The molecule has 0 saturated carbocycles. The fourth-order valence-corrected chi connectivity index (χ4v) is 1.93. The Labute approximate surface area is 102 Å². The molecule has 2 rings (SSSR count). The lowest BCUT2D eigenvalue weighted by molar-refractivity contribution is 0.0740. The lowest BCUT2D eigenvalue weighted by Crippen LogP contribution is -2.53. The largest absolute Gasteiger partial charge is 0.443 e. The molecule has 1 aromatic carbocycles. The standard InChI is InChI=1S/C13H18N2O2/c1-2-3-9-12-10-15(14-13(16)17-12)11-7-5-4-6-8-11/h4-8,12H,2-3,9-10H2,1H3,(H,14,16). The molecule has 1 saturated heterocycles. The highest BCUT2D eigenvalue weighted by Crippen LogP contribution is 2.17. The number of anilines is 1. The molecule has 0 spiro atoms. The van der Waals surface area contributed by atoms with Gasteiger partial charge in [-0.2, -0.15) is 0 Å². The zero-order chi connectivity index (χ0) is 12.1. The molecular formula is C13H18N2O2. The van der Waals surface area contributed by atoms with Gasteiger partial charge < -0.3 is 4.74 Å². The molecule has 17 heavy (non-hydrogen) atoms. The van der Waals surface area contributed by atoms with E-state index >= 15 is 0 Å². The number of carbonyl (C=O) groups is 1. The SMILES string of the molecule is CCCCC1CN(c2ccccc2)NC(=O)O1. The molecule has 1 aliphatic heterocycles. The average Bonchev–Trinajstić information content (AvgIpc) is 2.37. The molecule has 92 valence electrons. The van der Waals surface area contributed by atoms with E-state index in [0.717, 1.165) is 24.9 Å². The van der Waals surface area contributed by atoms with Gasteiger partial charge in [-0.05, 0) is 25.0 Å². The van der Waals surface area contributed by atoms with Crippen molar-refractivity contribution in [3.8, 4) is 0 Å². The van der Waals surface area contributed by atoms with Crippen LogP contribution in [0.2, 0.25) is 0 Å². The van der Waals surface area contributed by atoms with Crippen LogP contribution in [0.5, 0.6) is 0 Å². The van der Waals surface area contributed by atoms with Crippen molar-refractivity contribution in [2.24, 2.45) is 0 Å². The highest BCUT2D eigenvalue weighted by atomic mass is 16.6. The van der Waals surface area contributed by atoms with E-state index in [-0.39, 0.29) is 12.2 Å². The van der Waals surface area contributed by atoms with E-state index < -0.39 is 0 Å². The number of nitrogens with one attached hydrogen (secondary N) is 1. The van der Waals surface area contributed by atoms with Crippen molar-refractivity contribution in [2.45, 2.75) is 32.3 Å². The van der Waals surface area contributed by atoms with Gasteiger partial charge in [0.05, 0.1) is 12.2 Å². The summed E-state index contributed by atoms with van der Waals surface area (Å²) in [6.07, 6.45) is 2.76. The van der Waals surface area contributed by atoms with Gasteiger partial charge in [0.15, 0.2) is 0 Å². The van der Waals surface area contributed by atoms with Gasteiger partial charge in [0.2, 0.25) is 0 Å². The molecule has 1 fully saturated rings. The van der Waals surface area contributed by atoms with Crippen molar-refractivity contribution >= 4 is 11.8 Å². The predicted molar refractivity (Wildman–Crippen MR) is 66.7 cm³/mol. The predicted octanol–water partition coefficient (Wildman–Crippen LogP) is 2.71. The van der Waals surface area contributed by atoms with Crippen LogP contribution in [0.3, 0.4) is 0 Å². The first-order chi connectivity index (χ1) is 8.29. The van der Waals surface area contributed by atoms with E-state index in [2.05, 4.69) is 12.3 Å². The van der Waals surface area contributed by atoms with E-state index in [1.165, 1.54) is 0 Å². The highest BCUT2D eigenvalue weighted by Gasteiger charge is 2.25. The van der Waals surface area contributed by atoms with Crippen molar-refractivity contribution in [1.82, 2.24) is 5.43 Å². The second kappa shape index (κ2) is 5.57. The summed E-state index contributed by atoms with van der Waals surface area (Å²) in [5.74, 6) is 0. The molecule has 4 heteroatoms. The summed E-state index contributed by atoms with van der Waals surface area (Å²) in [7, 11) is 0. The molecule has 1 N–H and O–H groups in total. The van der Waals surface area contributed by atoms with E-state index in [9.17, 15) is 4.79 Å². The maximum atomic E-state index is 11.4. The number of ether oxygens (including phenoxy) is 1. The Bertz CT molecular complexity index is 367. The molecule has 0 aliphatic carbocycles. The number of benzene rings is 1. The lowest BCUT2D eigenvalue weighted by atomic mass is 10.1. The van der Waals surface area contributed by atoms with Gasteiger partial charge in [-0.15, -0.1) is 0 Å². The Morgan fingerprint density at radius 3 is 2.88 bits per heavy atom. The van der Waals surface area contributed by atoms with Gasteiger partial charge in [-0.1, -0.05) is 31.5 Å². The van der Waals surface area contributed by atoms with Crippen molar-refractivity contribution in [2.75, 3.05) is 11.6 Å². The fourth-order valence-electron chi connectivity index (χ4n) is 1.93. The van der Waals surface area contributed by atoms with Crippen LogP contribution in [0.1, 0.15) is 26.2 Å². The molecule has 1 amide bonds. The van der Waals surface area contributed by atoms with Crippen molar-refractivity contribution < 1.29 is 9.53 Å². The summed E-state index contributed by atoms with van der Waals surface area (Å²) < 4.78 is 5.25. The number of unbranched alkanes of at least 4 members (excludes halogenated alkanes) is 1. The first-order valence-corrected chi connectivity index (χ1v) is 6.09. The highest BCUT2D eigenvalue weighted by molar-refractivity contribution is 5.71. The van der Waals surface area contributed by atoms with Crippen LogP contribution in [-0.2, 0) is 4.74 Å². The number of hydrogen-bond acceptors (Lipinski definition) is 3. The molecule has 1 atom stereocenters. The van der Waals surface area contributed by atoms with Gasteiger partial charge in [0, 0.05) is 0 Å². The number of hydrazine groups is 1. The van der Waals surface area contributed by atoms with Crippen molar-refractivity contribution in [3.63, 3.8) is 0 Å². The third kappa shape index (κ3) is 3.12. The maximum absolute atomic E-state index is 11.4. The normalized spacial score (nSPS) is 19.7. The molecule has 4 nitrogen and oxygen atoms in total. The summed E-state index contributed by atoms with van der Waals surface area (Å²) >= 11 is 0. The number of carbonyl (C=O) groups excluding carboxylic acids is 1. The fraction of sp³-hybridized carbons (Fsp3) is 0.462. The Balaban J connectivity index is 2.01. The van der Waals surface area contributed by atoms with Crippen LogP contribution in [0.25, 0.3) is 0 Å². The first-order valence-electron chi connectivity index (χ1n) is 6.09. The molecule has 0 aromatic heterocycles. The molecule has 0 radical (unpaired) electrons. The Morgan fingerprint density at radius 2 is 2.18 bits per heavy atom. The van der Waals surface area contributed by atoms with Gasteiger partial charge in [-0.25, -0.2) is 10.2 Å². The summed E-state index contributed by atoms with van der Waals surface area (Å²) in [4.78, 5) is 11.4. The number of nitrogens with zero attached hydrogens (tertiary/aromatic N) is 1. The van der Waals surface area contributed by atoms with E-state index in [4.69, 9.17) is 4.74 Å². The Kier molecular flexibility index (Phi) is 3.85. The van der Waals surface area contributed by atoms with Crippen LogP contribution in [-0.4, -0.2) is 18.7 Å². The monoisotopic (exact) mass is 234 g/mol. The lowest BCUT2D eigenvalue weighted by Gasteiger charge is -2.34. The zero-order valence-corrected chi connectivity index (χ0v) is 10.1. The molecule has 1 aromatic rings. The number of cyclic esters (lactones) is 1. The minimum absolute atomic E-state index is 0.0103. The summed E-state index contributed by atoms with van der Waals surface area (Å²) in [5, 5.41) is 1.85. The maximum Gasteiger partial charge on any atom is 0.426 e. The quantitative estimate of drug-likeness (QED) is 0.871. The minimum atomic E-state index is -0.360. The number of para-hydroxylation sites is 1. The van der Waals surface area contributed by atoms with Crippen LogP contribution in [0, 0.1) is 0 Å². The van der Waals surface area contributed by atoms with Gasteiger partial charge in [0.25, 0.3) is 0 Å². The first kappa shape index (κ1) is 11.8. The topological polar surface area (TPSA) is 41.6 Å². The Morgan fingerprint density at radius 1 is 1.41 bits per heavy atom. The zero-order valence-electron chi connectivity index (χ0n) is 10.1. The summed E-state index contributed by atoms with van der Waals surface area (Å²) in [5.41, 5.74) is 3.70. The van der Waals surface area contributed by atoms with E-state index in [0.29, 0.717) is 6.54 Å². The van der Waals surface area contributed by atoms with Crippen LogP contribution < -0.4 is 10.4 Å². The minimum Gasteiger partial charge on any atom is -0.443 e.